The van der Waals surface area contributed by atoms with E-state index in [1.165, 1.54) is 0 Å². The standard InChI is InChI=1S/C40H26.C36H22O/c1-3-12-29-24-32(22-20-27(29)10-1)31-14-9-15-33(26-31)39-35-16-5-7-18-37(35)40(38-19-8-6-17-36(38)39)34-23-21-28-11-2-4-13-30(28)25-34;1-2-12-24(13-3-1)33-26-15-6-8-17-28(26)34(29-18-9-7-16-27(29)33)30-19-10-20-32-35(30)31-22-21-23-11-4-5-14-25(23)36(31)37-32/h1-26H;1-22H/i1D,2D,3D,4D,5D,6D,7D,8D,9D,10D,11D,12D,13D,14D,15D,16D,17D,18D,19D,20D,21D,22D,23D,24D,25D,26D;1D,2D,3D,12D,13D. The second-order valence-electron chi connectivity index (χ2n) is 17.8. The summed E-state index contributed by atoms with van der Waals surface area (Å²) in [7, 11) is 0. The van der Waals surface area contributed by atoms with Crippen LogP contribution in [0.5, 0.6) is 0 Å². The third-order valence-electron chi connectivity index (χ3n) is 13.6. The molecule has 0 unspecified atom stereocenters. The van der Waals surface area contributed by atoms with Gasteiger partial charge in [-0.15, -0.1) is 0 Å². The van der Waals surface area contributed by atoms with E-state index in [4.69, 9.17) is 35.9 Å². The van der Waals surface area contributed by atoms with Crippen molar-refractivity contribution in [2.45, 2.75) is 0 Å². The molecule has 16 aromatic rings. The number of fused-ring (bicyclic) bond motifs is 11. The predicted molar refractivity (Wildman–Crippen MR) is 330 cm³/mol. The largest absolute Gasteiger partial charge is 0.455 e. The van der Waals surface area contributed by atoms with E-state index in [0.717, 1.165) is 65.4 Å². The van der Waals surface area contributed by atoms with E-state index >= 15 is 0 Å². The van der Waals surface area contributed by atoms with Crippen LogP contribution in [0.25, 0.3) is 153 Å². The Hall–Kier alpha value is -10.1. The molecule has 0 radical (unpaired) electrons. The van der Waals surface area contributed by atoms with Gasteiger partial charge in [0.15, 0.2) is 0 Å². The van der Waals surface area contributed by atoms with Crippen LogP contribution in [-0.4, -0.2) is 0 Å². The molecular formula is C76H48O. The molecule has 0 N–H and O–H groups in total. The first kappa shape index (κ1) is 23.2. The molecule has 0 fully saturated rings. The van der Waals surface area contributed by atoms with Crippen molar-refractivity contribution in [3.05, 3.63) is 290 Å². The molecule has 0 saturated heterocycles. The van der Waals surface area contributed by atoms with E-state index < -0.39 is 240 Å². The molecule has 16 rings (SSSR count). The molecule has 0 aliphatic rings. The molecular weight excluding hydrogens is 929 g/mol. The minimum absolute atomic E-state index is 0.207. The normalized spacial score (nSPS) is 17.3. The quantitative estimate of drug-likeness (QED) is 0.157. The second-order valence-corrected chi connectivity index (χ2v) is 17.8. The van der Waals surface area contributed by atoms with E-state index in [-0.39, 0.29) is 29.7 Å². The lowest BCUT2D eigenvalue weighted by atomic mass is 9.85. The maximum absolute atomic E-state index is 9.68. The lowest BCUT2D eigenvalue weighted by molar-refractivity contribution is 0.673. The van der Waals surface area contributed by atoms with E-state index in [9.17, 15) is 11.0 Å². The molecule has 1 aromatic heterocycles. The summed E-state index contributed by atoms with van der Waals surface area (Å²) in [5.41, 5.74) is -0.224. The summed E-state index contributed by atoms with van der Waals surface area (Å²) in [6.45, 7) is 0. The average molecular weight is 1010 g/mol. The average Bonchev–Trinajstić information content (AvgIpc) is 0.784. The van der Waals surface area contributed by atoms with Gasteiger partial charge in [-0.25, -0.2) is 0 Å². The number of benzene rings is 15. The van der Waals surface area contributed by atoms with Gasteiger partial charge in [-0.05, 0) is 156 Å². The maximum Gasteiger partial charge on any atom is 0.143 e. The monoisotopic (exact) mass is 1010 g/mol. The number of furan rings is 1. The minimum atomic E-state index is -1.06. The first-order valence-electron chi connectivity index (χ1n) is 39.5. The van der Waals surface area contributed by atoms with E-state index in [1.54, 1.807) is 0 Å². The van der Waals surface area contributed by atoms with Crippen molar-refractivity contribution < 1.29 is 46.9 Å². The summed E-state index contributed by atoms with van der Waals surface area (Å²) in [4.78, 5) is 0. The van der Waals surface area contributed by atoms with Gasteiger partial charge in [0.1, 0.15) is 11.2 Å². The Labute approximate surface area is 489 Å². The van der Waals surface area contributed by atoms with Crippen molar-refractivity contribution in [1.82, 2.24) is 0 Å². The molecule has 358 valence electrons. The van der Waals surface area contributed by atoms with Crippen LogP contribution in [0.15, 0.2) is 295 Å². The zero-order valence-corrected chi connectivity index (χ0v) is 39.7. The summed E-state index contributed by atoms with van der Waals surface area (Å²) in [5.74, 6) is 0. The van der Waals surface area contributed by atoms with E-state index in [1.807, 2.05) is 72.8 Å². The van der Waals surface area contributed by atoms with Crippen LogP contribution >= 0.6 is 0 Å². The zero-order chi connectivity index (χ0) is 77.8. The number of hydrogen-bond donors (Lipinski definition) is 0. The second kappa shape index (κ2) is 18.4. The number of hydrogen-bond acceptors (Lipinski definition) is 1. The van der Waals surface area contributed by atoms with Gasteiger partial charge in [-0.3, -0.25) is 0 Å². The van der Waals surface area contributed by atoms with E-state index in [2.05, 4.69) is 30.3 Å². The fourth-order valence-corrected chi connectivity index (χ4v) is 10.4. The van der Waals surface area contributed by atoms with E-state index in [0.29, 0.717) is 5.56 Å². The highest BCUT2D eigenvalue weighted by Gasteiger charge is 2.22. The molecule has 0 amide bonds. The lowest BCUT2D eigenvalue weighted by Gasteiger charge is -2.18. The Morgan fingerprint density at radius 3 is 1.32 bits per heavy atom. The fraction of sp³-hybridized carbons (Fsp3) is 0. The molecule has 77 heavy (non-hydrogen) atoms. The van der Waals surface area contributed by atoms with Crippen molar-refractivity contribution in [2.75, 3.05) is 0 Å². The van der Waals surface area contributed by atoms with Crippen LogP contribution < -0.4 is 0 Å². The van der Waals surface area contributed by atoms with Crippen molar-refractivity contribution in [2.24, 2.45) is 0 Å². The van der Waals surface area contributed by atoms with Crippen LogP contribution in [0.1, 0.15) is 42.5 Å². The van der Waals surface area contributed by atoms with Crippen LogP contribution in [0.3, 0.4) is 0 Å². The molecule has 0 spiro atoms. The summed E-state index contributed by atoms with van der Waals surface area (Å²) in [6, 6.07) is 8.88. The molecule has 0 bridgehead atoms. The molecule has 1 heteroatoms. The van der Waals surface area contributed by atoms with Crippen molar-refractivity contribution in [3.63, 3.8) is 0 Å². The Kier molecular flexibility index (Phi) is 5.54. The molecule has 0 atom stereocenters. The van der Waals surface area contributed by atoms with Crippen LogP contribution in [0.4, 0.5) is 0 Å². The van der Waals surface area contributed by atoms with Crippen molar-refractivity contribution >= 4 is 97.3 Å². The Balaban J connectivity index is 0.000000189. The highest BCUT2D eigenvalue weighted by molar-refractivity contribution is 6.27. The molecule has 1 heterocycles. The Morgan fingerprint density at radius 2 is 0.701 bits per heavy atom. The Morgan fingerprint density at radius 1 is 0.247 bits per heavy atom. The van der Waals surface area contributed by atoms with Gasteiger partial charge in [-0.1, -0.05) is 260 Å². The molecule has 0 aliphatic carbocycles. The first-order chi connectivity index (χ1) is 51.1. The van der Waals surface area contributed by atoms with Crippen molar-refractivity contribution in [1.29, 1.82) is 0 Å². The van der Waals surface area contributed by atoms with Gasteiger partial charge < -0.3 is 4.42 Å². The maximum atomic E-state index is 9.68. The highest BCUT2D eigenvalue weighted by Crippen LogP contribution is 2.48. The topological polar surface area (TPSA) is 13.1 Å². The third kappa shape index (κ3) is 7.47. The van der Waals surface area contributed by atoms with Gasteiger partial charge in [0.05, 0.1) is 42.5 Å². The zero-order valence-electron chi connectivity index (χ0n) is 70.7. The fourth-order valence-electron chi connectivity index (χ4n) is 10.4. The van der Waals surface area contributed by atoms with Crippen molar-refractivity contribution in [3.8, 4) is 55.6 Å². The van der Waals surface area contributed by atoms with Crippen LogP contribution in [0, 0.1) is 0 Å². The van der Waals surface area contributed by atoms with Crippen LogP contribution in [-0.2, 0) is 0 Å². The third-order valence-corrected chi connectivity index (χ3v) is 13.6. The highest BCUT2D eigenvalue weighted by atomic mass is 16.3. The van der Waals surface area contributed by atoms with Gasteiger partial charge in [-0.2, -0.15) is 0 Å². The molecule has 1 nitrogen and oxygen atoms in total. The first-order valence-corrected chi connectivity index (χ1v) is 24.0. The summed E-state index contributed by atoms with van der Waals surface area (Å²) in [6.07, 6.45) is 0. The van der Waals surface area contributed by atoms with Gasteiger partial charge >= 0.3 is 0 Å². The number of rotatable bonds is 5. The molecule has 0 saturated carbocycles. The lowest BCUT2D eigenvalue weighted by Crippen LogP contribution is -1.91. The summed E-state index contributed by atoms with van der Waals surface area (Å²) < 4.78 is 280. The molecule has 15 aromatic carbocycles. The Bertz CT molecular complexity index is 6720. The van der Waals surface area contributed by atoms with Gasteiger partial charge in [0, 0.05) is 16.2 Å². The smallest absolute Gasteiger partial charge is 0.143 e. The SMILES string of the molecule is [2H]c1c([2H])c(-c2c([2H])c([2H])c3c([2H])c([2H])c([2H])c([2H])c3c2[2H])c([2H])c(-c2c3c([2H])c([2H])c([2H])c([2H])c3c(-c3c([2H])c([2H])c4c([2H])c([2H])c([2H])c([2H])c4c3[2H])c3c([2H])c([2H])c([2H])c([2H])c23)c1[2H].[2H]c1c([2H])c([2H])c(-c2c3ccccc3c(-c3cccc4oc5c6ccccc6ccc5c34)c3ccccc23)c([2H])c1[2H]. The van der Waals surface area contributed by atoms with Crippen LogP contribution in [0.2, 0.25) is 0 Å². The van der Waals surface area contributed by atoms with Gasteiger partial charge in [0.2, 0.25) is 0 Å². The van der Waals surface area contributed by atoms with Gasteiger partial charge in [0.25, 0.3) is 0 Å². The minimum Gasteiger partial charge on any atom is -0.455 e. The molecule has 0 aliphatic heterocycles. The summed E-state index contributed by atoms with van der Waals surface area (Å²) >= 11 is 0. The summed E-state index contributed by atoms with van der Waals surface area (Å²) in [5, 5.41) is 2.43. The predicted octanol–water partition coefficient (Wildman–Crippen LogP) is 21.7.